The van der Waals surface area contributed by atoms with E-state index in [4.69, 9.17) is 9.47 Å². The van der Waals surface area contributed by atoms with E-state index in [2.05, 4.69) is 20.9 Å². The number of esters is 1. The van der Waals surface area contributed by atoms with Crippen LogP contribution in [0.4, 0.5) is 0 Å². The standard InChI is InChI=1S/C15H14BrNO3/c1-9-8-10(15(18)20-3)4-5-11(9)12-6-7-13(19-2)14(16)17-12/h4-8H,1-3H3. The maximum atomic E-state index is 11.5. The Labute approximate surface area is 125 Å². The van der Waals surface area contributed by atoms with E-state index in [9.17, 15) is 4.79 Å². The van der Waals surface area contributed by atoms with Gasteiger partial charge in [-0.2, -0.15) is 0 Å². The summed E-state index contributed by atoms with van der Waals surface area (Å²) in [5.74, 6) is 0.334. The number of pyridine rings is 1. The predicted octanol–water partition coefficient (Wildman–Crippen LogP) is 3.61. The highest BCUT2D eigenvalue weighted by atomic mass is 79.9. The second-order valence-corrected chi connectivity index (χ2v) is 4.96. The molecule has 0 N–H and O–H groups in total. The van der Waals surface area contributed by atoms with Crippen LogP contribution in [0.25, 0.3) is 11.3 Å². The lowest BCUT2D eigenvalue weighted by atomic mass is 10.0. The molecule has 0 radical (unpaired) electrons. The molecule has 1 aromatic carbocycles. The van der Waals surface area contributed by atoms with Gasteiger partial charge in [0.25, 0.3) is 0 Å². The SMILES string of the molecule is COC(=O)c1ccc(-c2ccc(OC)c(Br)n2)c(C)c1. The molecule has 0 aliphatic carbocycles. The molecule has 5 heteroatoms. The first-order valence-corrected chi connectivity index (χ1v) is 6.76. The Bertz CT molecular complexity index is 656. The molecule has 0 aliphatic heterocycles. The molecule has 0 amide bonds. The average molecular weight is 336 g/mol. The molecule has 0 bridgehead atoms. The van der Waals surface area contributed by atoms with Gasteiger partial charge in [-0.3, -0.25) is 0 Å². The van der Waals surface area contributed by atoms with Crippen LogP contribution in [0.15, 0.2) is 34.9 Å². The summed E-state index contributed by atoms with van der Waals surface area (Å²) in [7, 11) is 2.96. The fourth-order valence-corrected chi connectivity index (χ4v) is 2.40. The molecular weight excluding hydrogens is 322 g/mol. The molecule has 0 aliphatic rings. The second kappa shape index (κ2) is 6.05. The molecule has 0 fully saturated rings. The van der Waals surface area contributed by atoms with Crippen molar-refractivity contribution in [3.63, 3.8) is 0 Å². The second-order valence-electron chi connectivity index (χ2n) is 4.21. The smallest absolute Gasteiger partial charge is 0.337 e. The zero-order valence-electron chi connectivity index (χ0n) is 11.4. The highest BCUT2D eigenvalue weighted by Crippen LogP contribution is 2.29. The minimum Gasteiger partial charge on any atom is -0.494 e. The van der Waals surface area contributed by atoms with Crippen LogP contribution in [-0.2, 0) is 4.74 Å². The van der Waals surface area contributed by atoms with E-state index in [-0.39, 0.29) is 5.97 Å². The minimum atomic E-state index is -0.344. The van der Waals surface area contributed by atoms with Crippen molar-refractivity contribution in [1.82, 2.24) is 4.98 Å². The number of hydrogen-bond donors (Lipinski definition) is 0. The summed E-state index contributed by atoms with van der Waals surface area (Å²) in [5.41, 5.74) is 3.26. The van der Waals surface area contributed by atoms with Gasteiger partial charge in [-0.25, -0.2) is 9.78 Å². The monoisotopic (exact) mass is 335 g/mol. The van der Waals surface area contributed by atoms with E-state index in [0.717, 1.165) is 16.8 Å². The number of benzene rings is 1. The number of hydrogen-bond acceptors (Lipinski definition) is 4. The van der Waals surface area contributed by atoms with Crippen molar-refractivity contribution in [3.8, 4) is 17.0 Å². The summed E-state index contributed by atoms with van der Waals surface area (Å²) in [5, 5.41) is 0. The maximum Gasteiger partial charge on any atom is 0.337 e. The molecule has 2 rings (SSSR count). The van der Waals surface area contributed by atoms with E-state index in [1.54, 1.807) is 19.2 Å². The van der Waals surface area contributed by atoms with Gasteiger partial charge in [0.15, 0.2) is 5.75 Å². The van der Waals surface area contributed by atoms with E-state index in [1.165, 1.54) is 7.11 Å². The van der Waals surface area contributed by atoms with Crippen LogP contribution in [-0.4, -0.2) is 25.2 Å². The van der Waals surface area contributed by atoms with E-state index in [1.807, 2.05) is 25.1 Å². The van der Waals surface area contributed by atoms with E-state index in [0.29, 0.717) is 15.9 Å². The highest BCUT2D eigenvalue weighted by Gasteiger charge is 2.11. The van der Waals surface area contributed by atoms with Crippen LogP contribution < -0.4 is 4.74 Å². The summed E-state index contributed by atoms with van der Waals surface area (Å²) in [4.78, 5) is 15.9. The fraction of sp³-hybridized carbons (Fsp3) is 0.200. The number of halogens is 1. The van der Waals surface area contributed by atoms with Crippen molar-refractivity contribution < 1.29 is 14.3 Å². The number of nitrogens with zero attached hydrogens (tertiary/aromatic N) is 1. The minimum absolute atomic E-state index is 0.344. The zero-order chi connectivity index (χ0) is 14.7. The lowest BCUT2D eigenvalue weighted by molar-refractivity contribution is 0.0600. The van der Waals surface area contributed by atoms with Crippen molar-refractivity contribution in [1.29, 1.82) is 0 Å². The Morgan fingerprint density at radius 2 is 1.95 bits per heavy atom. The lowest BCUT2D eigenvalue weighted by Gasteiger charge is -2.09. The number of aryl methyl sites for hydroxylation is 1. The van der Waals surface area contributed by atoms with Crippen LogP contribution >= 0.6 is 15.9 Å². The van der Waals surface area contributed by atoms with Gasteiger partial charge in [0.1, 0.15) is 4.60 Å². The van der Waals surface area contributed by atoms with Crippen molar-refractivity contribution >= 4 is 21.9 Å². The Morgan fingerprint density at radius 3 is 2.50 bits per heavy atom. The number of methoxy groups -OCH3 is 2. The molecule has 0 unspecified atom stereocenters. The molecule has 2 aromatic rings. The van der Waals surface area contributed by atoms with Crippen molar-refractivity contribution in [3.05, 3.63) is 46.1 Å². The normalized spacial score (nSPS) is 10.2. The Kier molecular flexibility index (Phi) is 4.39. The van der Waals surface area contributed by atoms with Gasteiger partial charge < -0.3 is 9.47 Å². The first-order chi connectivity index (χ1) is 9.56. The number of carbonyl (C=O) groups is 1. The van der Waals surface area contributed by atoms with E-state index >= 15 is 0 Å². The number of aromatic nitrogens is 1. The van der Waals surface area contributed by atoms with Crippen molar-refractivity contribution in [2.75, 3.05) is 14.2 Å². The van der Waals surface area contributed by atoms with Crippen molar-refractivity contribution in [2.24, 2.45) is 0 Å². The summed E-state index contributed by atoms with van der Waals surface area (Å²) in [6.07, 6.45) is 0. The molecular formula is C15H14BrNO3. The number of rotatable bonds is 3. The summed E-state index contributed by atoms with van der Waals surface area (Å²) < 4.78 is 10.5. The highest BCUT2D eigenvalue weighted by molar-refractivity contribution is 9.10. The largest absolute Gasteiger partial charge is 0.494 e. The molecule has 4 nitrogen and oxygen atoms in total. The summed E-state index contributed by atoms with van der Waals surface area (Å²) in [6.45, 7) is 1.93. The van der Waals surface area contributed by atoms with Crippen LogP contribution in [0.1, 0.15) is 15.9 Å². The molecule has 104 valence electrons. The topological polar surface area (TPSA) is 48.4 Å². The average Bonchev–Trinajstić information content (AvgIpc) is 2.46. The zero-order valence-corrected chi connectivity index (χ0v) is 13.0. The molecule has 0 saturated heterocycles. The summed E-state index contributed by atoms with van der Waals surface area (Å²) >= 11 is 3.37. The molecule has 0 saturated carbocycles. The number of ether oxygens (including phenoxy) is 2. The Hall–Kier alpha value is -1.88. The van der Waals surface area contributed by atoms with Gasteiger partial charge in [-0.1, -0.05) is 6.07 Å². The van der Waals surface area contributed by atoms with Gasteiger partial charge in [-0.05, 0) is 52.7 Å². The van der Waals surface area contributed by atoms with Crippen molar-refractivity contribution in [2.45, 2.75) is 6.92 Å². The maximum absolute atomic E-state index is 11.5. The van der Waals surface area contributed by atoms with Gasteiger partial charge in [0.2, 0.25) is 0 Å². The van der Waals surface area contributed by atoms with E-state index < -0.39 is 0 Å². The van der Waals surface area contributed by atoms with Crippen LogP contribution in [0, 0.1) is 6.92 Å². The molecule has 1 heterocycles. The third-order valence-electron chi connectivity index (χ3n) is 2.96. The van der Waals surface area contributed by atoms with Crippen LogP contribution in [0.5, 0.6) is 5.75 Å². The Balaban J connectivity index is 2.43. The quantitative estimate of drug-likeness (QED) is 0.635. The Morgan fingerprint density at radius 1 is 1.20 bits per heavy atom. The van der Waals surface area contributed by atoms with Gasteiger partial charge >= 0.3 is 5.97 Å². The third kappa shape index (κ3) is 2.82. The van der Waals surface area contributed by atoms with Crippen LogP contribution in [0.3, 0.4) is 0 Å². The van der Waals surface area contributed by atoms with Gasteiger partial charge in [0, 0.05) is 5.56 Å². The van der Waals surface area contributed by atoms with Crippen LogP contribution in [0.2, 0.25) is 0 Å². The van der Waals surface area contributed by atoms with Gasteiger partial charge in [0.05, 0.1) is 25.5 Å². The first-order valence-electron chi connectivity index (χ1n) is 5.96. The fourth-order valence-electron chi connectivity index (χ4n) is 1.92. The lowest BCUT2D eigenvalue weighted by Crippen LogP contribution is -2.02. The molecule has 0 spiro atoms. The predicted molar refractivity (Wildman–Crippen MR) is 80.0 cm³/mol. The first kappa shape index (κ1) is 14.5. The third-order valence-corrected chi connectivity index (χ3v) is 3.53. The molecule has 0 atom stereocenters. The van der Waals surface area contributed by atoms with Gasteiger partial charge in [-0.15, -0.1) is 0 Å². The summed E-state index contributed by atoms with van der Waals surface area (Å²) in [6, 6.07) is 9.11. The molecule has 1 aromatic heterocycles. The number of carbonyl (C=O) groups excluding carboxylic acids is 1. The molecule has 20 heavy (non-hydrogen) atoms.